The van der Waals surface area contributed by atoms with Crippen LogP contribution in [0.15, 0.2) is 36.5 Å². The van der Waals surface area contributed by atoms with Crippen molar-refractivity contribution >= 4 is 17.5 Å². The molecule has 1 amide bonds. The van der Waals surface area contributed by atoms with Crippen LogP contribution in [0.4, 0.5) is 0 Å². The van der Waals surface area contributed by atoms with E-state index in [1.165, 1.54) is 0 Å². The summed E-state index contributed by atoms with van der Waals surface area (Å²) in [6, 6.07) is 8.95. The lowest BCUT2D eigenvalue weighted by Crippen LogP contribution is -2.56. The Balaban J connectivity index is 1.53. The van der Waals surface area contributed by atoms with Crippen LogP contribution in [-0.4, -0.2) is 49.2 Å². The first kappa shape index (κ1) is 17.4. The normalized spacial score (nSPS) is 14.0. The number of methoxy groups -OCH3 is 2. The second-order valence-electron chi connectivity index (χ2n) is 5.70. The van der Waals surface area contributed by atoms with Gasteiger partial charge in [-0.05, 0) is 29.8 Å². The molecule has 1 aliphatic heterocycles. The van der Waals surface area contributed by atoms with Crippen LogP contribution in [0.5, 0.6) is 17.4 Å². The van der Waals surface area contributed by atoms with E-state index >= 15 is 0 Å². The summed E-state index contributed by atoms with van der Waals surface area (Å²) in [4.78, 5) is 18.2. The zero-order valence-electron chi connectivity index (χ0n) is 14.1. The summed E-state index contributed by atoms with van der Waals surface area (Å²) in [5, 5.41) is 0.470. The van der Waals surface area contributed by atoms with Crippen LogP contribution in [0, 0.1) is 0 Å². The van der Waals surface area contributed by atoms with Crippen LogP contribution in [0.3, 0.4) is 0 Å². The lowest BCUT2D eigenvalue weighted by atomic mass is 10.1. The smallest absolute Gasteiger partial charge is 0.232 e. The van der Waals surface area contributed by atoms with Crippen LogP contribution in [0.25, 0.3) is 0 Å². The Morgan fingerprint density at radius 3 is 2.68 bits per heavy atom. The quantitative estimate of drug-likeness (QED) is 0.790. The van der Waals surface area contributed by atoms with Crippen molar-refractivity contribution in [3.05, 3.63) is 47.1 Å². The fraction of sp³-hybridized carbons (Fsp3) is 0.333. The number of rotatable bonds is 6. The van der Waals surface area contributed by atoms with Gasteiger partial charge in [-0.25, -0.2) is 4.98 Å². The molecule has 1 aromatic carbocycles. The van der Waals surface area contributed by atoms with E-state index in [0.29, 0.717) is 41.9 Å². The summed E-state index contributed by atoms with van der Waals surface area (Å²) in [5.41, 5.74) is 0.875. The Labute approximate surface area is 151 Å². The van der Waals surface area contributed by atoms with Crippen LogP contribution >= 0.6 is 11.6 Å². The number of ether oxygens (including phenoxy) is 3. The number of hydrogen-bond acceptors (Lipinski definition) is 5. The maximum absolute atomic E-state index is 12.4. The summed E-state index contributed by atoms with van der Waals surface area (Å²) in [6.07, 6.45) is 1.85. The number of aromatic nitrogens is 1. The van der Waals surface area contributed by atoms with Crippen molar-refractivity contribution in [3.8, 4) is 17.4 Å². The molecule has 25 heavy (non-hydrogen) atoms. The first-order chi connectivity index (χ1) is 12.1. The predicted molar refractivity (Wildman–Crippen MR) is 93.5 cm³/mol. The molecule has 3 rings (SSSR count). The zero-order chi connectivity index (χ0) is 17.8. The Bertz CT molecular complexity index is 762. The van der Waals surface area contributed by atoms with Crippen LogP contribution < -0.4 is 14.2 Å². The van der Waals surface area contributed by atoms with Gasteiger partial charge in [0.2, 0.25) is 11.8 Å². The lowest BCUT2D eigenvalue weighted by Gasteiger charge is -2.38. The Hall–Kier alpha value is -2.47. The Kier molecular flexibility index (Phi) is 5.28. The van der Waals surface area contributed by atoms with Gasteiger partial charge in [-0.15, -0.1) is 0 Å². The van der Waals surface area contributed by atoms with Gasteiger partial charge >= 0.3 is 0 Å². The number of hydrogen-bond donors (Lipinski definition) is 0. The Morgan fingerprint density at radius 2 is 2.00 bits per heavy atom. The molecule has 132 valence electrons. The molecule has 1 aromatic heterocycles. The summed E-state index contributed by atoms with van der Waals surface area (Å²) in [7, 11) is 3.15. The molecule has 0 saturated carbocycles. The molecule has 0 unspecified atom stereocenters. The first-order valence-electron chi connectivity index (χ1n) is 7.86. The van der Waals surface area contributed by atoms with E-state index in [9.17, 15) is 4.79 Å². The van der Waals surface area contributed by atoms with E-state index in [1.807, 2.05) is 12.1 Å². The first-order valence-corrected chi connectivity index (χ1v) is 8.24. The van der Waals surface area contributed by atoms with Gasteiger partial charge in [0, 0.05) is 6.20 Å². The summed E-state index contributed by atoms with van der Waals surface area (Å²) >= 11 is 6.02. The minimum Gasteiger partial charge on any atom is -0.493 e. The van der Waals surface area contributed by atoms with Crippen LogP contribution in [-0.2, 0) is 11.2 Å². The average Bonchev–Trinajstić information content (AvgIpc) is 2.58. The van der Waals surface area contributed by atoms with Crippen molar-refractivity contribution < 1.29 is 19.0 Å². The molecule has 0 aliphatic carbocycles. The Morgan fingerprint density at radius 1 is 1.24 bits per heavy atom. The largest absolute Gasteiger partial charge is 0.493 e. The van der Waals surface area contributed by atoms with Crippen LogP contribution in [0.1, 0.15) is 5.56 Å². The molecule has 6 nitrogen and oxygen atoms in total. The monoisotopic (exact) mass is 362 g/mol. The highest BCUT2D eigenvalue weighted by atomic mass is 35.5. The van der Waals surface area contributed by atoms with E-state index < -0.39 is 0 Å². The summed E-state index contributed by atoms with van der Waals surface area (Å²) < 4.78 is 16.2. The molecule has 2 heterocycles. The third-order valence-electron chi connectivity index (χ3n) is 4.01. The molecule has 0 N–H and O–H groups in total. The topological polar surface area (TPSA) is 60.9 Å². The number of likely N-dealkylation sites (tertiary alicyclic amines) is 1. The predicted octanol–water partition coefficient (Wildman–Crippen LogP) is 2.58. The third kappa shape index (κ3) is 3.96. The van der Waals surface area contributed by atoms with E-state index in [0.717, 1.165) is 5.56 Å². The minimum atomic E-state index is -0.0817. The number of nitrogens with zero attached hydrogens (tertiary/aromatic N) is 2. The van der Waals surface area contributed by atoms with Gasteiger partial charge in [-0.1, -0.05) is 17.7 Å². The molecule has 1 aliphatic rings. The van der Waals surface area contributed by atoms with Crippen molar-refractivity contribution in [1.29, 1.82) is 0 Å². The second-order valence-corrected chi connectivity index (χ2v) is 6.10. The van der Waals surface area contributed by atoms with Crippen molar-refractivity contribution in [2.75, 3.05) is 27.3 Å². The third-order valence-corrected chi connectivity index (χ3v) is 4.29. The van der Waals surface area contributed by atoms with Gasteiger partial charge < -0.3 is 19.1 Å². The van der Waals surface area contributed by atoms with E-state index in [2.05, 4.69) is 4.98 Å². The molecular formula is C18H19ClN2O4. The summed E-state index contributed by atoms with van der Waals surface area (Å²) in [5.74, 6) is 1.70. The fourth-order valence-electron chi connectivity index (χ4n) is 2.61. The number of carbonyl (C=O) groups excluding carboxylic acids is 1. The number of pyridine rings is 1. The van der Waals surface area contributed by atoms with E-state index in [4.69, 9.17) is 25.8 Å². The van der Waals surface area contributed by atoms with Crippen molar-refractivity contribution in [2.45, 2.75) is 12.5 Å². The molecule has 0 spiro atoms. The van der Waals surface area contributed by atoms with Gasteiger partial charge in [0.1, 0.15) is 11.1 Å². The van der Waals surface area contributed by atoms with Gasteiger partial charge in [0.25, 0.3) is 0 Å². The number of carbonyl (C=O) groups is 1. The highest BCUT2D eigenvalue weighted by molar-refractivity contribution is 6.31. The van der Waals surface area contributed by atoms with Crippen molar-refractivity contribution in [3.63, 3.8) is 0 Å². The van der Waals surface area contributed by atoms with Crippen molar-refractivity contribution in [2.24, 2.45) is 0 Å². The summed E-state index contributed by atoms with van der Waals surface area (Å²) in [6.45, 7) is 1.05. The minimum absolute atomic E-state index is 0.0409. The highest BCUT2D eigenvalue weighted by Gasteiger charge is 2.32. The van der Waals surface area contributed by atoms with Crippen LogP contribution in [0.2, 0.25) is 5.02 Å². The van der Waals surface area contributed by atoms with E-state index in [-0.39, 0.29) is 12.0 Å². The number of amides is 1. The van der Waals surface area contributed by atoms with Gasteiger partial charge in [-0.3, -0.25) is 4.79 Å². The van der Waals surface area contributed by atoms with Gasteiger partial charge in [-0.2, -0.15) is 0 Å². The van der Waals surface area contributed by atoms with Gasteiger partial charge in [0.05, 0.1) is 33.7 Å². The van der Waals surface area contributed by atoms with Gasteiger partial charge in [0.15, 0.2) is 11.5 Å². The van der Waals surface area contributed by atoms with E-state index in [1.54, 1.807) is 43.5 Å². The number of halogens is 1. The van der Waals surface area contributed by atoms with Crippen molar-refractivity contribution in [1.82, 2.24) is 9.88 Å². The SMILES string of the molecule is COc1ccc(CC(=O)N2CC(Oc3ncccc3Cl)C2)cc1OC. The molecule has 0 radical (unpaired) electrons. The maximum atomic E-state index is 12.4. The average molecular weight is 363 g/mol. The second kappa shape index (κ2) is 7.61. The molecule has 0 atom stereocenters. The lowest BCUT2D eigenvalue weighted by molar-refractivity contribution is -0.139. The zero-order valence-corrected chi connectivity index (χ0v) is 14.8. The highest BCUT2D eigenvalue weighted by Crippen LogP contribution is 2.28. The molecular weight excluding hydrogens is 344 g/mol. The molecule has 1 fully saturated rings. The molecule has 0 bridgehead atoms. The fourth-order valence-corrected chi connectivity index (χ4v) is 2.78. The molecule has 2 aromatic rings. The maximum Gasteiger partial charge on any atom is 0.232 e. The molecule has 1 saturated heterocycles. The number of benzene rings is 1. The molecule has 7 heteroatoms. The standard InChI is InChI=1S/C18H19ClN2O4/c1-23-15-6-5-12(8-16(15)24-2)9-17(22)21-10-13(11-21)25-18-14(19)4-3-7-20-18/h3-8,13H,9-11H2,1-2H3.